The Morgan fingerprint density at radius 2 is 1.65 bits per heavy atom. The van der Waals surface area contributed by atoms with Gasteiger partial charge in [0, 0.05) is 13.7 Å². The molecule has 2 aliphatic rings. The number of methoxy groups -OCH3 is 1. The van der Waals surface area contributed by atoms with Crippen molar-refractivity contribution in [1.29, 1.82) is 0 Å². The maximum absolute atomic E-state index is 5.31. The van der Waals surface area contributed by atoms with Gasteiger partial charge in [-0.2, -0.15) is 0 Å². The predicted molar refractivity (Wildman–Crippen MR) is 73.1 cm³/mol. The van der Waals surface area contributed by atoms with E-state index >= 15 is 0 Å². The zero-order valence-electron chi connectivity index (χ0n) is 11.8. The zero-order chi connectivity index (χ0) is 12.1. The van der Waals surface area contributed by atoms with Crippen LogP contribution >= 0.6 is 0 Å². The minimum atomic E-state index is 0.732. The standard InChI is InChI=1S/C16H30O/c1-3-16(11-5-4-6-12-16)15-9-7-14(8-10-15)13-17-2/h14-15H,3-13H2,1-2H3. The summed E-state index contributed by atoms with van der Waals surface area (Å²) in [5.74, 6) is 1.88. The smallest absolute Gasteiger partial charge is 0.0490 e. The number of ether oxygens (including phenoxy) is 1. The molecule has 1 nitrogen and oxygen atoms in total. The van der Waals surface area contributed by atoms with Gasteiger partial charge in [-0.15, -0.1) is 0 Å². The molecule has 100 valence electrons. The molecule has 0 N–H and O–H groups in total. The molecule has 0 aromatic rings. The molecule has 17 heavy (non-hydrogen) atoms. The minimum Gasteiger partial charge on any atom is -0.384 e. The van der Waals surface area contributed by atoms with Crippen LogP contribution in [0.25, 0.3) is 0 Å². The number of hydrogen-bond donors (Lipinski definition) is 0. The van der Waals surface area contributed by atoms with Gasteiger partial charge in [0.15, 0.2) is 0 Å². The van der Waals surface area contributed by atoms with Gasteiger partial charge in [0.05, 0.1) is 0 Å². The average Bonchev–Trinajstić information content (AvgIpc) is 2.41. The van der Waals surface area contributed by atoms with Crippen LogP contribution in [-0.2, 0) is 4.74 Å². The van der Waals surface area contributed by atoms with Gasteiger partial charge in [0.25, 0.3) is 0 Å². The molecule has 0 aromatic carbocycles. The molecule has 2 aliphatic carbocycles. The summed E-state index contributed by atoms with van der Waals surface area (Å²) in [6, 6.07) is 0. The van der Waals surface area contributed by atoms with E-state index in [4.69, 9.17) is 4.74 Å². The van der Waals surface area contributed by atoms with Crippen molar-refractivity contribution >= 4 is 0 Å². The summed E-state index contributed by atoms with van der Waals surface area (Å²) in [5, 5.41) is 0. The second-order valence-electron chi connectivity index (χ2n) is 6.45. The van der Waals surface area contributed by atoms with Gasteiger partial charge in [-0.25, -0.2) is 0 Å². The second-order valence-corrected chi connectivity index (χ2v) is 6.45. The molecule has 0 spiro atoms. The van der Waals surface area contributed by atoms with Crippen molar-refractivity contribution in [2.45, 2.75) is 71.1 Å². The highest BCUT2D eigenvalue weighted by atomic mass is 16.5. The van der Waals surface area contributed by atoms with E-state index in [2.05, 4.69) is 6.92 Å². The molecule has 0 aromatic heterocycles. The molecule has 0 radical (unpaired) electrons. The maximum atomic E-state index is 5.31. The topological polar surface area (TPSA) is 9.23 Å². The first-order valence-corrected chi connectivity index (χ1v) is 7.79. The van der Waals surface area contributed by atoms with Crippen molar-refractivity contribution in [3.8, 4) is 0 Å². The fraction of sp³-hybridized carbons (Fsp3) is 1.00. The Hall–Kier alpha value is -0.0400. The van der Waals surface area contributed by atoms with Crippen LogP contribution < -0.4 is 0 Å². The van der Waals surface area contributed by atoms with Crippen LogP contribution in [0.2, 0.25) is 0 Å². The first-order chi connectivity index (χ1) is 8.30. The van der Waals surface area contributed by atoms with E-state index in [0.717, 1.165) is 23.9 Å². The summed E-state index contributed by atoms with van der Waals surface area (Å²) in [7, 11) is 1.85. The maximum Gasteiger partial charge on any atom is 0.0490 e. The Kier molecular flexibility index (Phi) is 4.90. The van der Waals surface area contributed by atoms with Gasteiger partial charge in [-0.1, -0.05) is 32.6 Å². The highest BCUT2D eigenvalue weighted by Gasteiger charge is 2.39. The number of rotatable bonds is 4. The van der Waals surface area contributed by atoms with E-state index in [0.29, 0.717) is 0 Å². The van der Waals surface area contributed by atoms with Crippen LogP contribution in [0, 0.1) is 17.3 Å². The summed E-state index contributed by atoms with van der Waals surface area (Å²) >= 11 is 0. The fourth-order valence-corrected chi connectivity index (χ4v) is 4.48. The lowest BCUT2D eigenvalue weighted by molar-refractivity contribution is 0.0354. The van der Waals surface area contributed by atoms with Crippen LogP contribution in [0.3, 0.4) is 0 Å². The fourth-order valence-electron chi connectivity index (χ4n) is 4.48. The molecule has 2 fully saturated rings. The van der Waals surface area contributed by atoms with Gasteiger partial charge in [0.1, 0.15) is 0 Å². The Morgan fingerprint density at radius 3 is 2.18 bits per heavy atom. The molecular formula is C16H30O. The summed E-state index contributed by atoms with van der Waals surface area (Å²) < 4.78 is 5.31. The van der Waals surface area contributed by atoms with Gasteiger partial charge < -0.3 is 4.74 Å². The molecule has 0 atom stereocenters. The van der Waals surface area contributed by atoms with Crippen molar-refractivity contribution < 1.29 is 4.74 Å². The molecule has 0 amide bonds. The Labute approximate surface area is 107 Å². The SMILES string of the molecule is CCC1(C2CCC(COC)CC2)CCCCC1. The molecule has 0 bridgehead atoms. The third-order valence-corrected chi connectivity index (χ3v) is 5.67. The van der Waals surface area contributed by atoms with E-state index in [1.807, 2.05) is 7.11 Å². The van der Waals surface area contributed by atoms with E-state index in [1.54, 1.807) is 0 Å². The first-order valence-electron chi connectivity index (χ1n) is 7.79. The first kappa shape index (κ1) is 13.4. The number of hydrogen-bond acceptors (Lipinski definition) is 1. The highest BCUT2D eigenvalue weighted by molar-refractivity contribution is 4.90. The molecule has 1 heteroatoms. The van der Waals surface area contributed by atoms with Crippen LogP contribution in [0.15, 0.2) is 0 Å². The average molecular weight is 238 g/mol. The van der Waals surface area contributed by atoms with Crippen LogP contribution in [0.5, 0.6) is 0 Å². The molecule has 0 heterocycles. The summed E-state index contributed by atoms with van der Waals surface area (Å²) in [6.45, 7) is 3.43. The summed E-state index contributed by atoms with van der Waals surface area (Å²) in [5.41, 5.74) is 0.732. The normalized spacial score (nSPS) is 33.5. The van der Waals surface area contributed by atoms with Crippen LogP contribution in [0.4, 0.5) is 0 Å². The lowest BCUT2D eigenvalue weighted by atomic mass is 9.59. The zero-order valence-corrected chi connectivity index (χ0v) is 11.8. The van der Waals surface area contributed by atoms with Crippen LogP contribution in [0.1, 0.15) is 71.1 Å². The summed E-state index contributed by atoms with van der Waals surface area (Å²) in [4.78, 5) is 0. The van der Waals surface area contributed by atoms with Crippen molar-refractivity contribution in [2.24, 2.45) is 17.3 Å². The lowest BCUT2D eigenvalue weighted by Gasteiger charge is -2.46. The van der Waals surface area contributed by atoms with Crippen molar-refractivity contribution in [1.82, 2.24) is 0 Å². The van der Waals surface area contributed by atoms with E-state index < -0.39 is 0 Å². The van der Waals surface area contributed by atoms with Gasteiger partial charge in [-0.3, -0.25) is 0 Å². The second kappa shape index (κ2) is 6.22. The van der Waals surface area contributed by atoms with Gasteiger partial charge in [0.2, 0.25) is 0 Å². The minimum absolute atomic E-state index is 0.732. The molecular weight excluding hydrogens is 208 g/mol. The summed E-state index contributed by atoms with van der Waals surface area (Å²) in [6.07, 6.45) is 14.7. The molecule has 2 rings (SSSR count). The Bertz CT molecular complexity index is 210. The third kappa shape index (κ3) is 3.05. The predicted octanol–water partition coefficient (Wildman–Crippen LogP) is 4.80. The lowest BCUT2D eigenvalue weighted by Crippen LogP contribution is -2.35. The van der Waals surface area contributed by atoms with E-state index in [-0.39, 0.29) is 0 Å². The van der Waals surface area contributed by atoms with Crippen molar-refractivity contribution in [3.63, 3.8) is 0 Å². The molecule has 0 unspecified atom stereocenters. The van der Waals surface area contributed by atoms with Gasteiger partial charge in [-0.05, 0) is 55.8 Å². The molecule has 2 saturated carbocycles. The third-order valence-electron chi connectivity index (χ3n) is 5.67. The molecule has 0 aliphatic heterocycles. The van der Waals surface area contributed by atoms with Crippen molar-refractivity contribution in [3.05, 3.63) is 0 Å². The quantitative estimate of drug-likeness (QED) is 0.683. The molecule has 0 saturated heterocycles. The Balaban J connectivity index is 1.89. The van der Waals surface area contributed by atoms with Gasteiger partial charge >= 0.3 is 0 Å². The monoisotopic (exact) mass is 238 g/mol. The highest BCUT2D eigenvalue weighted by Crippen LogP contribution is 2.51. The van der Waals surface area contributed by atoms with Crippen LogP contribution in [-0.4, -0.2) is 13.7 Å². The Morgan fingerprint density at radius 1 is 1.00 bits per heavy atom. The van der Waals surface area contributed by atoms with E-state index in [9.17, 15) is 0 Å². The van der Waals surface area contributed by atoms with Crippen molar-refractivity contribution in [2.75, 3.05) is 13.7 Å². The largest absolute Gasteiger partial charge is 0.384 e. The van der Waals surface area contributed by atoms with E-state index in [1.165, 1.54) is 64.2 Å².